The Balaban J connectivity index is 1.87. The Kier molecular flexibility index (Phi) is 2.81. The predicted octanol–water partition coefficient (Wildman–Crippen LogP) is 3.34. The van der Waals surface area contributed by atoms with E-state index in [0.29, 0.717) is 0 Å². The molecule has 3 heteroatoms. The first-order chi connectivity index (χ1) is 8.83. The number of benzene rings is 2. The largest absolute Gasteiger partial charge is 0.493 e. The fourth-order valence-electron chi connectivity index (χ4n) is 2.20. The highest BCUT2D eigenvalue weighted by Crippen LogP contribution is 2.30. The lowest BCUT2D eigenvalue weighted by atomic mass is 10.1. The van der Waals surface area contributed by atoms with Crippen LogP contribution < -0.4 is 15.8 Å². The third-order valence-electron chi connectivity index (χ3n) is 3.15. The minimum atomic E-state index is 0.756. The van der Waals surface area contributed by atoms with Crippen molar-refractivity contribution in [2.24, 2.45) is 0 Å². The van der Waals surface area contributed by atoms with E-state index in [-0.39, 0.29) is 0 Å². The monoisotopic (exact) mass is 240 g/mol. The van der Waals surface area contributed by atoms with E-state index in [1.165, 1.54) is 5.56 Å². The maximum Gasteiger partial charge on any atom is 0.122 e. The van der Waals surface area contributed by atoms with Crippen LogP contribution >= 0.6 is 0 Å². The van der Waals surface area contributed by atoms with Crippen LogP contribution in [0.3, 0.4) is 0 Å². The molecular weight excluding hydrogens is 224 g/mol. The van der Waals surface area contributed by atoms with Crippen molar-refractivity contribution < 1.29 is 4.74 Å². The first-order valence-electron chi connectivity index (χ1n) is 6.20. The van der Waals surface area contributed by atoms with Crippen LogP contribution in [0.2, 0.25) is 0 Å². The quantitative estimate of drug-likeness (QED) is 0.791. The number of aryl methyl sites for hydroxylation is 1. The molecule has 0 aromatic heterocycles. The second-order valence-electron chi connectivity index (χ2n) is 4.49. The Bertz CT molecular complexity index is 566. The summed E-state index contributed by atoms with van der Waals surface area (Å²) in [7, 11) is 0. The standard InChI is InChI=1S/C15H16N2O/c16-13-5-1-2-6-14(13)17-12-7-8-15-11(10-12)4-3-9-18-15/h1-2,5-8,10,17H,3-4,9,16H2. The fraction of sp³-hybridized carbons (Fsp3) is 0.200. The summed E-state index contributed by atoms with van der Waals surface area (Å²) in [5, 5.41) is 3.34. The van der Waals surface area contributed by atoms with Gasteiger partial charge in [0.25, 0.3) is 0 Å². The zero-order valence-electron chi connectivity index (χ0n) is 10.1. The van der Waals surface area contributed by atoms with Gasteiger partial charge in [-0.15, -0.1) is 0 Å². The van der Waals surface area contributed by atoms with Gasteiger partial charge in [0.1, 0.15) is 5.75 Å². The summed E-state index contributed by atoms with van der Waals surface area (Å²) in [6, 6.07) is 14.0. The van der Waals surface area contributed by atoms with Gasteiger partial charge in [-0.1, -0.05) is 12.1 Å². The van der Waals surface area contributed by atoms with E-state index in [4.69, 9.17) is 10.5 Å². The van der Waals surface area contributed by atoms with Crippen molar-refractivity contribution in [2.75, 3.05) is 17.7 Å². The molecule has 3 nitrogen and oxygen atoms in total. The molecule has 0 atom stereocenters. The highest BCUT2D eigenvalue weighted by molar-refractivity contribution is 5.72. The molecule has 2 aromatic rings. The summed E-state index contributed by atoms with van der Waals surface area (Å²) < 4.78 is 5.60. The normalized spacial score (nSPS) is 13.6. The van der Waals surface area contributed by atoms with Gasteiger partial charge in [-0.25, -0.2) is 0 Å². The Morgan fingerprint density at radius 3 is 2.89 bits per heavy atom. The highest BCUT2D eigenvalue weighted by Gasteiger charge is 2.10. The van der Waals surface area contributed by atoms with Crippen LogP contribution in [-0.4, -0.2) is 6.61 Å². The summed E-state index contributed by atoms with van der Waals surface area (Å²) in [5.74, 6) is 1.01. The molecule has 0 aliphatic carbocycles. The molecule has 0 saturated carbocycles. The molecule has 0 saturated heterocycles. The number of ether oxygens (including phenoxy) is 1. The number of anilines is 3. The molecule has 3 N–H and O–H groups in total. The zero-order valence-corrected chi connectivity index (χ0v) is 10.1. The second kappa shape index (κ2) is 4.61. The smallest absolute Gasteiger partial charge is 0.122 e. The van der Waals surface area contributed by atoms with Gasteiger partial charge < -0.3 is 15.8 Å². The van der Waals surface area contributed by atoms with E-state index in [9.17, 15) is 0 Å². The van der Waals surface area contributed by atoms with Crippen molar-refractivity contribution >= 4 is 17.1 Å². The van der Waals surface area contributed by atoms with Crippen molar-refractivity contribution in [3.8, 4) is 5.75 Å². The molecule has 0 bridgehead atoms. The molecule has 1 heterocycles. The molecular formula is C15H16N2O. The number of nitrogens with two attached hydrogens (primary N) is 1. The van der Waals surface area contributed by atoms with Crippen LogP contribution in [0.1, 0.15) is 12.0 Å². The summed E-state index contributed by atoms with van der Waals surface area (Å²) in [4.78, 5) is 0. The van der Waals surface area contributed by atoms with Gasteiger partial charge >= 0.3 is 0 Å². The lowest BCUT2D eigenvalue weighted by Gasteiger charge is -2.18. The van der Waals surface area contributed by atoms with Crippen molar-refractivity contribution in [2.45, 2.75) is 12.8 Å². The Labute approximate surface area is 107 Å². The molecule has 2 aromatic carbocycles. The molecule has 92 valence electrons. The van der Waals surface area contributed by atoms with Crippen molar-refractivity contribution in [1.82, 2.24) is 0 Å². The number of para-hydroxylation sites is 2. The molecule has 0 amide bonds. The average molecular weight is 240 g/mol. The highest BCUT2D eigenvalue weighted by atomic mass is 16.5. The molecule has 0 spiro atoms. The Hall–Kier alpha value is -2.16. The van der Waals surface area contributed by atoms with Crippen LogP contribution in [-0.2, 0) is 6.42 Å². The number of hydrogen-bond donors (Lipinski definition) is 2. The van der Waals surface area contributed by atoms with E-state index in [1.54, 1.807) is 0 Å². The molecule has 0 radical (unpaired) electrons. The second-order valence-corrected chi connectivity index (χ2v) is 4.49. The molecule has 3 rings (SSSR count). The van der Waals surface area contributed by atoms with Crippen molar-refractivity contribution in [3.63, 3.8) is 0 Å². The molecule has 0 fully saturated rings. The first-order valence-corrected chi connectivity index (χ1v) is 6.20. The maximum atomic E-state index is 5.92. The van der Waals surface area contributed by atoms with Gasteiger partial charge in [0.05, 0.1) is 18.0 Å². The minimum absolute atomic E-state index is 0.756. The van der Waals surface area contributed by atoms with Crippen LogP contribution in [0.25, 0.3) is 0 Å². The van der Waals surface area contributed by atoms with E-state index < -0.39 is 0 Å². The van der Waals surface area contributed by atoms with Gasteiger partial charge in [-0.3, -0.25) is 0 Å². The molecule has 18 heavy (non-hydrogen) atoms. The number of fused-ring (bicyclic) bond motifs is 1. The Morgan fingerprint density at radius 2 is 2.00 bits per heavy atom. The van der Waals surface area contributed by atoms with Gasteiger partial charge in [0, 0.05) is 5.69 Å². The maximum absolute atomic E-state index is 5.92. The first kappa shape index (κ1) is 11.0. The van der Waals surface area contributed by atoms with Crippen molar-refractivity contribution in [3.05, 3.63) is 48.0 Å². The van der Waals surface area contributed by atoms with E-state index in [2.05, 4.69) is 11.4 Å². The van der Waals surface area contributed by atoms with E-state index in [1.807, 2.05) is 36.4 Å². The van der Waals surface area contributed by atoms with Gasteiger partial charge in [-0.05, 0) is 48.7 Å². The number of nitrogens with one attached hydrogen (secondary N) is 1. The predicted molar refractivity (Wildman–Crippen MR) is 74.4 cm³/mol. The van der Waals surface area contributed by atoms with Crippen molar-refractivity contribution in [1.29, 1.82) is 0 Å². The topological polar surface area (TPSA) is 47.3 Å². The van der Waals surface area contributed by atoms with E-state index >= 15 is 0 Å². The number of hydrogen-bond acceptors (Lipinski definition) is 3. The van der Waals surface area contributed by atoms with Crippen LogP contribution in [0, 0.1) is 0 Å². The molecule has 1 aliphatic heterocycles. The van der Waals surface area contributed by atoms with Crippen LogP contribution in [0.15, 0.2) is 42.5 Å². The van der Waals surface area contributed by atoms with Gasteiger partial charge in [-0.2, -0.15) is 0 Å². The van der Waals surface area contributed by atoms with Crippen LogP contribution in [0.4, 0.5) is 17.1 Å². The SMILES string of the molecule is Nc1ccccc1Nc1ccc2c(c1)CCCO2. The minimum Gasteiger partial charge on any atom is -0.493 e. The fourth-order valence-corrected chi connectivity index (χ4v) is 2.20. The molecule has 0 unspecified atom stereocenters. The Morgan fingerprint density at radius 1 is 1.11 bits per heavy atom. The van der Waals surface area contributed by atoms with Crippen LogP contribution in [0.5, 0.6) is 5.75 Å². The summed E-state index contributed by atoms with van der Waals surface area (Å²) in [5.41, 5.74) is 9.93. The number of rotatable bonds is 2. The summed E-state index contributed by atoms with van der Waals surface area (Å²) >= 11 is 0. The third-order valence-corrected chi connectivity index (χ3v) is 3.15. The summed E-state index contributed by atoms with van der Waals surface area (Å²) in [6.45, 7) is 0.825. The lowest BCUT2D eigenvalue weighted by molar-refractivity contribution is 0.288. The van der Waals surface area contributed by atoms with Gasteiger partial charge in [0.15, 0.2) is 0 Å². The third kappa shape index (κ3) is 2.12. The summed E-state index contributed by atoms with van der Waals surface area (Å²) in [6.07, 6.45) is 2.17. The lowest BCUT2D eigenvalue weighted by Crippen LogP contribution is -2.08. The number of nitrogen functional groups attached to an aromatic ring is 1. The van der Waals surface area contributed by atoms with Gasteiger partial charge in [0.2, 0.25) is 0 Å². The average Bonchev–Trinajstić information content (AvgIpc) is 2.41. The zero-order chi connectivity index (χ0) is 12.4. The molecule has 1 aliphatic rings. The van der Waals surface area contributed by atoms with E-state index in [0.717, 1.165) is 42.3 Å².